The van der Waals surface area contributed by atoms with Crippen LogP contribution < -0.4 is 32.7 Å². The van der Waals surface area contributed by atoms with Crippen LogP contribution in [-0.4, -0.2) is 16.9 Å². The van der Waals surface area contributed by atoms with Gasteiger partial charge in [0.15, 0.2) is 0 Å². The fourth-order valence-electron chi connectivity index (χ4n) is 4.81. The van der Waals surface area contributed by atoms with Crippen molar-refractivity contribution in [3.8, 4) is 5.75 Å². The summed E-state index contributed by atoms with van der Waals surface area (Å²) in [6.07, 6.45) is 0. The number of amides is 2. The molecule has 5 aromatic carbocycles. The minimum absolute atomic E-state index is 0.119. The van der Waals surface area contributed by atoms with Crippen LogP contribution in [0.5, 0.6) is 5.75 Å². The van der Waals surface area contributed by atoms with Crippen molar-refractivity contribution in [2.75, 3.05) is 32.7 Å². The molecule has 9 heteroatoms. The SMILES string of the molecule is Cc1cc(C(=O)N(c2ccccc2N)c2ccccc2N)c(O)c(C(=O)N(c2ccccc2N)c2ccccc2N)c1. The molecule has 0 spiro atoms. The number of carbonyl (C=O) groups is 2. The lowest BCUT2D eigenvalue weighted by Crippen LogP contribution is -2.30. The van der Waals surface area contributed by atoms with E-state index in [4.69, 9.17) is 22.9 Å². The van der Waals surface area contributed by atoms with E-state index < -0.39 is 17.6 Å². The summed E-state index contributed by atoms with van der Waals surface area (Å²) in [6, 6.07) is 30.3. The molecule has 0 bridgehead atoms. The van der Waals surface area contributed by atoms with Gasteiger partial charge in [-0.05, 0) is 73.2 Å². The maximum Gasteiger partial charge on any atom is 0.266 e. The predicted molar refractivity (Wildman–Crippen MR) is 169 cm³/mol. The molecule has 0 aliphatic rings. The van der Waals surface area contributed by atoms with Gasteiger partial charge in [-0.3, -0.25) is 19.4 Å². The van der Waals surface area contributed by atoms with Crippen molar-refractivity contribution in [3.63, 3.8) is 0 Å². The van der Waals surface area contributed by atoms with Crippen molar-refractivity contribution < 1.29 is 14.7 Å². The van der Waals surface area contributed by atoms with Gasteiger partial charge >= 0.3 is 0 Å². The lowest BCUT2D eigenvalue weighted by molar-refractivity contribution is 0.0995. The highest BCUT2D eigenvalue weighted by Gasteiger charge is 2.31. The minimum atomic E-state index is -0.633. The molecule has 5 aromatic rings. The number of nitrogens with two attached hydrogens (primary N) is 4. The zero-order chi connectivity index (χ0) is 30.0. The van der Waals surface area contributed by atoms with E-state index in [0.29, 0.717) is 51.1 Å². The van der Waals surface area contributed by atoms with Crippen molar-refractivity contribution in [1.82, 2.24) is 0 Å². The number of hydrogen-bond acceptors (Lipinski definition) is 7. The largest absolute Gasteiger partial charge is 0.506 e. The van der Waals surface area contributed by atoms with Crippen molar-refractivity contribution in [2.24, 2.45) is 0 Å². The molecule has 9 N–H and O–H groups in total. The second-order valence-electron chi connectivity index (χ2n) is 9.73. The number of aromatic hydroxyl groups is 1. The third-order valence-corrected chi connectivity index (χ3v) is 6.83. The molecule has 0 saturated heterocycles. The monoisotopic (exact) mass is 558 g/mol. The quantitative estimate of drug-likeness (QED) is 0.160. The normalized spacial score (nSPS) is 10.7. The van der Waals surface area contributed by atoms with E-state index in [1.54, 1.807) is 104 Å². The minimum Gasteiger partial charge on any atom is -0.506 e. The Morgan fingerprint density at radius 1 is 0.524 bits per heavy atom. The molecule has 0 aliphatic heterocycles. The Morgan fingerprint density at radius 2 is 0.786 bits per heavy atom. The summed E-state index contributed by atoms with van der Waals surface area (Å²) in [7, 11) is 0. The Kier molecular flexibility index (Phi) is 7.40. The van der Waals surface area contributed by atoms with Gasteiger partial charge in [0.1, 0.15) is 5.75 Å². The molecule has 0 aromatic heterocycles. The maximum atomic E-state index is 14.3. The smallest absolute Gasteiger partial charge is 0.266 e. The fourth-order valence-corrected chi connectivity index (χ4v) is 4.81. The number of nitrogen functional groups attached to an aromatic ring is 4. The number of anilines is 8. The molecule has 0 unspecified atom stereocenters. The Hall–Kier alpha value is -5.96. The molecule has 210 valence electrons. The average molecular weight is 559 g/mol. The van der Waals surface area contributed by atoms with Gasteiger partial charge in [0.05, 0.1) is 56.6 Å². The highest BCUT2D eigenvalue weighted by Crippen LogP contribution is 2.40. The molecule has 0 saturated carbocycles. The number of phenols is 1. The molecule has 0 aliphatic carbocycles. The van der Waals surface area contributed by atoms with E-state index >= 15 is 0 Å². The number of aryl methyl sites for hydroxylation is 1. The summed E-state index contributed by atoms with van der Waals surface area (Å²) in [6.45, 7) is 1.73. The molecule has 0 atom stereocenters. The van der Waals surface area contributed by atoms with Crippen LogP contribution in [0.4, 0.5) is 45.5 Å². The van der Waals surface area contributed by atoms with Crippen LogP contribution in [0.3, 0.4) is 0 Å². The third kappa shape index (κ3) is 5.02. The van der Waals surface area contributed by atoms with Gasteiger partial charge < -0.3 is 28.0 Å². The van der Waals surface area contributed by atoms with Gasteiger partial charge in [-0.1, -0.05) is 48.5 Å². The first kappa shape index (κ1) is 27.6. The van der Waals surface area contributed by atoms with E-state index in [9.17, 15) is 14.7 Å². The molecule has 0 radical (unpaired) electrons. The maximum absolute atomic E-state index is 14.3. The van der Waals surface area contributed by atoms with Gasteiger partial charge in [-0.15, -0.1) is 0 Å². The number of benzene rings is 5. The predicted octanol–water partition coefficient (Wildman–Crippen LogP) is 5.99. The number of nitrogens with zero attached hydrogens (tertiary/aromatic N) is 2. The van der Waals surface area contributed by atoms with Gasteiger partial charge in [0, 0.05) is 0 Å². The van der Waals surface area contributed by atoms with Crippen molar-refractivity contribution >= 4 is 57.3 Å². The molecule has 9 nitrogen and oxygen atoms in total. The third-order valence-electron chi connectivity index (χ3n) is 6.83. The summed E-state index contributed by atoms with van der Waals surface area (Å²) in [5, 5.41) is 11.6. The Balaban J connectivity index is 1.69. The second kappa shape index (κ2) is 11.3. The highest BCUT2D eigenvalue weighted by molar-refractivity contribution is 6.19. The van der Waals surface area contributed by atoms with Crippen molar-refractivity contribution in [2.45, 2.75) is 6.92 Å². The molecule has 0 fully saturated rings. The van der Waals surface area contributed by atoms with Gasteiger partial charge in [0.25, 0.3) is 11.8 Å². The van der Waals surface area contributed by atoms with Crippen LogP contribution in [-0.2, 0) is 0 Å². The number of carbonyl (C=O) groups excluding carboxylic acids is 2. The first-order chi connectivity index (χ1) is 20.2. The zero-order valence-electron chi connectivity index (χ0n) is 22.9. The van der Waals surface area contributed by atoms with Crippen LogP contribution in [0, 0.1) is 6.92 Å². The first-order valence-corrected chi connectivity index (χ1v) is 13.1. The van der Waals surface area contributed by atoms with Gasteiger partial charge in [-0.2, -0.15) is 0 Å². The number of hydrogen-bond donors (Lipinski definition) is 5. The topological polar surface area (TPSA) is 165 Å². The van der Waals surface area contributed by atoms with E-state index in [-0.39, 0.29) is 11.1 Å². The lowest BCUT2D eigenvalue weighted by atomic mass is 10.0. The Bertz CT molecular complexity index is 1600. The zero-order valence-corrected chi connectivity index (χ0v) is 22.9. The van der Waals surface area contributed by atoms with E-state index in [0.717, 1.165) is 0 Å². The Morgan fingerprint density at radius 3 is 1.05 bits per heavy atom. The van der Waals surface area contributed by atoms with Crippen molar-refractivity contribution in [3.05, 3.63) is 126 Å². The molecular weight excluding hydrogens is 528 g/mol. The van der Waals surface area contributed by atoms with Crippen molar-refractivity contribution in [1.29, 1.82) is 0 Å². The summed E-state index contributed by atoms with van der Waals surface area (Å²) in [5.41, 5.74) is 28.2. The fraction of sp³-hybridized carbons (Fsp3) is 0.0303. The average Bonchev–Trinajstić information content (AvgIpc) is 2.98. The lowest BCUT2D eigenvalue weighted by Gasteiger charge is -2.28. The van der Waals surface area contributed by atoms with E-state index in [1.807, 2.05) is 0 Å². The second-order valence-corrected chi connectivity index (χ2v) is 9.73. The number of rotatable bonds is 6. The van der Waals surface area contributed by atoms with Crippen LogP contribution in [0.2, 0.25) is 0 Å². The highest BCUT2D eigenvalue weighted by atomic mass is 16.3. The summed E-state index contributed by atoms with van der Waals surface area (Å²) in [4.78, 5) is 31.3. The molecule has 2 amide bonds. The van der Waals surface area contributed by atoms with Gasteiger partial charge in [-0.25, -0.2) is 0 Å². The molecule has 42 heavy (non-hydrogen) atoms. The summed E-state index contributed by atoms with van der Waals surface area (Å²) in [5.74, 6) is -1.78. The molecular formula is C33H30N6O3. The number of phenolic OH excluding ortho intramolecular Hbond substituents is 1. The van der Waals surface area contributed by atoms with E-state index in [1.165, 1.54) is 21.9 Å². The standard InChI is InChI=1S/C33H30N6O3/c1-20-18-21(32(41)38(27-14-6-2-10-23(27)34)28-15-7-3-11-24(28)35)31(40)22(19-20)33(42)39(29-16-8-4-12-25(29)36)30-17-9-5-13-26(30)37/h2-19,40H,34-37H2,1H3. The molecule has 0 heterocycles. The van der Waals surface area contributed by atoms with Gasteiger partial charge in [0.2, 0.25) is 0 Å². The first-order valence-electron chi connectivity index (χ1n) is 13.1. The van der Waals surface area contributed by atoms with E-state index in [2.05, 4.69) is 0 Å². The number of para-hydroxylation sites is 8. The summed E-state index contributed by atoms with van der Waals surface area (Å²) >= 11 is 0. The Labute approximate surface area is 243 Å². The van der Waals surface area contributed by atoms with Crippen LogP contribution in [0.15, 0.2) is 109 Å². The molecule has 5 rings (SSSR count). The summed E-state index contributed by atoms with van der Waals surface area (Å²) < 4.78 is 0. The van der Waals surface area contributed by atoms with Crippen LogP contribution in [0.25, 0.3) is 0 Å². The van der Waals surface area contributed by atoms with Crippen LogP contribution in [0.1, 0.15) is 26.3 Å². The van der Waals surface area contributed by atoms with Crippen LogP contribution >= 0.6 is 0 Å².